The van der Waals surface area contributed by atoms with Crippen molar-refractivity contribution in [3.63, 3.8) is 0 Å². The molecule has 95 heavy (non-hydrogen) atoms. The molecule has 0 fully saturated rings. The van der Waals surface area contributed by atoms with E-state index < -0.39 is 0 Å². The van der Waals surface area contributed by atoms with Crippen molar-refractivity contribution in [2.45, 2.75) is 296 Å². The van der Waals surface area contributed by atoms with Crippen LogP contribution in [0.4, 0.5) is 17.1 Å². The zero-order valence-electron chi connectivity index (χ0n) is 71.2. The molecular formula is C94H161N. The van der Waals surface area contributed by atoms with Gasteiger partial charge in [0, 0.05) is 22.5 Å². The van der Waals surface area contributed by atoms with Crippen LogP contribution in [0.25, 0.3) is 11.1 Å². The third kappa shape index (κ3) is 102. The number of nitrogens with zero attached hydrogens (tertiary/aromatic N) is 1. The van der Waals surface area contributed by atoms with E-state index in [9.17, 15) is 0 Å². The highest BCUT2D eigenvalue weighted by Gasteiger charge is 2.34. The molecule has 8 rings (SSSR count). The van der Waals surface area contributed by atoms with Crippen molar-refractivity contribution in [3.8, 4) is 11.1 Å². The second kappa shape index (κ2) is 52.5. The summed E-state index contributed by atoms with van der Waals surface area (Å²) in [6, 6.07) is 72.7. The molecule has 0 aromatic heterocycles. The maximum absolute atomic E-state index is 2.30. The summed E-state index contributed by atoms with van der Waals surface area (Å²) in [7, 11) is 0. The van der Waals surface area contributed by atoms with E-state index in [1.54, 1.807) is 0 Å². The fraction of sp³-hybridized carbons (Fsp3) is 0.553. The highest BCUT2D eigenvalue weighted by Crippen LogP contribution is 2.48. The fourth-order valence-electron chi connectivity index (χ4n) is 5.62. The van der Waals surface area contributed by atoms with Crippen LogP contribution < -0.4 is 4.90 Å². The van der Waals surface area contributed by atoms with E-state index in [0.717, 1.165) is 0 Å². The highest BCUT2D eigenvalue weighted by molar-refractivity contribution is 5.80. The molecule has 0 unspecified atom stereocenters. The first-order valence-corrected chi connectivity index (χ1v) is 35.8. The molecule has 0 saturated heterocycles. The molecule has 0 atom stereocenters. The minimum Gasteiger partial charge on any atom is -0.311 e. The molecule has 7 aromatic rings. The van der Waals surface area contributed by atoms with Crippen LogP contribution in [0.2, 0.25) is 0 Å². The zero-order chi connectivity index (χ0) is 76.4. The minimum absolute atomic E-state index is 0.160. The Morgan fingerprint density at radius 2 is 0.284 bits per heavy atom. The maximum Gasteiger partial charge on any atom is 0.0461 e. The lowest BCUT2D eigenvalue weighted by Crippen LogP contribution is -2.14. The van der Waals surface area contributed by atoms with E-state index in [4.69, 9.17) is 0 Å². The minimum atomic E-state index is 0.160. The van der Waals surface area contributed by atoms with E-state index in [1.807, 2.05) is 119 Å². The molecule has 542 valence electrons. The Bertz CT molecular complexity index is 2250. The van der Waals surface area contributed by atoms with E-state index in [2.05, 4.69) is 389 Å². The van der Waals surface area contributed by atoms with Crippen LogP contribution in [0.3, 0.4) is 0 Å². The predicted molar refractivity (Wildman–Crippen MR) is 447 cm³/mol. The van der Waals surface area contributed by atoms with Crippen LogP contribution in [-0.2, 0) is 5.41 Å². The van der Waals surface area contributed by atoms with Gasteiger partial charge >= 0.3 is 0 Å². The molecule has 7 aromatic carbocycles. The van der Waals surface area contributed by atoms with Crippen LogP contribution in [0, 0.1) is 48.7 Å². The van der Waals surface area contributed by atoms with Gasteiger partial charge in [-0.2, -0.15) is 0 Å². The fourth-order valence-corrected chi connectivity index (χ4v) is 5.62. The molecule has 0 bridgehead atoms. The van der Waals surface area contributed by atoms with Crippen molar-refractivity contribution in [3.05, 3.63) is 223 Å². The molecule has 1 nitrogen and oxygen atoms in total. The summed E-state index contributed by atoms with van der Waals surface area (Å²) in [4.78, 5) is 2.25. The summed E-state index contributed by atoms with van der Waals surface area (Å²) in [5.74, 6) is 0. The number of hydrogen-bond acceptors (Lipinski definition) is 1. The summed E-state index contributed by atoms with van der Waals surface area (Å²) in [5.41, 5.74) is 13.9. The van der Waals surface area contributed by atoms with Gasteiger partial charge in [0.1, 0.15) is 0 Å². The number of para-hydroxylation sites is 3. The van der Waals surface area contributed by atoms with Crippen LogP contribution in [0.1, 0.15) is 302 Å². The number of benzene rings is 7. The first-order chi connectivity index (χ1) is 42.7. The van der Waals surface area contributed by atoms with Crippen molar-refractivity contribution in [1.82, 2.24) is 0 Å². The second-order valence-electron chi connectivity index (χ2n) is 38.4. The number of rotatable bonds is 3. The van der Waals surface area contributed by atoms with Gasteiger partial charge in [0.2, 0.25) is 0 Å². The summed E-state index contributed by atoms with van der Waals surface area (Å²) < 4.78 is 0. The van der Waals surface area contributed by atoms with Crippen LogP contribution in [-0.4, -0.2) is 0 Å². The monoisotopic (exact) mass is 1300 g/mol. The maximum atomic E-state index is 2.30. The molecule has 0 amide bonds. The zero-order valence-corrected chi connectivity index (χ0v) is 71.2. The SMILES string of the molecule is CC.CC.CC(C)(C)C.CC(C)(C)C.CC(C)(C)C.CC(C)(C)C.CC(C)(C)C.CC(C)(C)C.CC(C)(C)C.CC(C)(C)C.CC(C)(C)C.CC1(C)c2ccccc2-c2ccccc21.c1ccc(N(c2ccccc2)c2ccccc2)cc1.c1ccccc1.c1ccccc1. The van der Waals surface area contributed by atoms with Crippen LogP contribution >= 0.6 is 0 Å². The summed E-state index contributed by atoms with van der Waals surface area (Å²) >= 11 is 0. The molecule has 1 aliphatic carbocycles. The van der Waals surface area contributed by atoms with Crippen molar-refractivity contribution in [2.24, 2.45) is 48.7 Å². The van der Waals surface area contributed by atoms with Gasteiger partial charge in [-0.15, -0.1) is 0 Å². The van der Waals surface area contributed by atoms with E-state index in [0.29, 0.717) is 48.7 Å². The van der Waals surface area contributed by atoms with Gasteiger partial charge in [-0.05, 0) is 107 Å². The second-order valence-corrected chi connectivity index (χ2v) is 38.4. The van der Waals surface area contributed by atoms with E-state index >= 15 is 0 Å². The van der Waals surface area contributed by atoms with Gasteiger partial charge in [0.25, 0.3) is 0 Å². The Labute approximate surface area is 598 Å². The first kappa shape index (κ1) is 103. The number of anilines is 3. The van der Waals surface area contributed by atoms with E-state index in [-0.39, 0.29) is 5.41 Å². The summed E-state index contributed by atoms with van der Waals surface area (Å²) in [6.45, 7) is 91.4. The molecule has 0 heterocycles. The quantitative estimate of drug-likeness (QED) is 0.170. The van der Waals surface area contributed by atoms with Crippen molar-refractivity contribution in [2.75, 3.05) is 4.90 Å². The normalized spacial score (nSPS) is 11.3. The Morgan fingerprint density at radius 3 is 0.421 bits per heavy atom. The topological polar surface area (TPSA) is 3.24 Å². The van der Waals surface area contributed by atoms with Crippen molar-refractivity contribution >= 4 is 17.1 Å². The third-order valence-electron chi connectivity index (χ3n) is 7.87. The predicted octanol–water partition coefficient (Wildman–Crippen LogP) is 33.0. The summed E-state index contributed by atoms with van der Waals surface area (Å²) in [6.07, 6.45) is 0. The molecule has 0 radical (unpaired) electrons. The third-order valence-corrected chi connectivity index (χ3v) is 7.87. The molecular weight excluding hydrogens is 1140 g/mol. The van der Waals surface area contributed by atoms with Gasteiger partial charge in [0.05, 0.1) is 0 Å². The molecule has 1 aliphatic rings. The van der Waals surface area contributed by atoms with Gasteiger partial charge in [-0.3, -0.25) is 0 Å². The van der Waals surface area contributed by atoms with Crippen LogP contribution in [0.15, 0.2) is 212 Å². The lowest BCUT2D eigenvalue weighted by atomic mass is 9.82. The Morgan fingerprint density at radius 1 is 0.179 bits per heavy atom. The largest absolute Gasteiger partial charge is 0.311 e. The first-order valence-electron chi connectivity index (χ1n) is 35.8. The molecule has 0 saturated carbocycles. The van der Waals surface area contributed by atoms with Gasteiger partial charge in [0.15, 0.2) is 0 Å². The Hall–Kier alpha value is -5.66. The Kier molecular flexibility index (Phi) is 56.8. The average molecular weight is 1310 g/mol. The van der Waals surface area contributed by atoms with Crippen molar-refractivity contribution in [1.29, 1.82) is 0 Å². The molecule has 0 N–H and O–H groups in total. The van der Waals surface area contributed by atoms with E-state index in [1.165, 1.54) is 39.3 Å². The summed E-state index contributed by atoms with van der Waals surface area (Å²) in [5, 5.41) is 0. The molecule has 1 heteroatoms. The Balaban J connectivity index is -0.000000184. The average Bonchev–Trinajstić information content (AvgIpc) is 1.60. The van der Waals surface area contributed by atoms with Crippen molar-refractivity contribution < 1.29 is 0 Å². The standard InChI is InChI=1S/C18H15N.C15H14.2C6H6.9C5H12.2C2H6/c1-4-10-16(11-5-1)19(17-12-6-2-7-13-17)18-14-8-3-9-15-18;1-15(2)13-9-5-3-7-11(13)12-8-4-6-10-14(12)15;2*1-2-4-6-5-3-1;9*1-5(2,3)4;2*1-2/h1-15H;3-10H,1-2H3;2*1-6H;9*1-4H3;2*1-2H3. The van der Waals surface area contributed by atoms with Gasteiger partial charge in [-0.25, -0.2) is 0 Å². The smallest absolute Gasteiger partial charge is 0.0461 e. The van der Waals surface area contributed by atoms with Crippen LogP contribution in [0.5, 0.6) is 0 Å². The number of fused-ring (bicyclic) bond motifs is 3. The lowest BCUT2D eigenvalue weighted by Gasteiger charge is -2.25. The molecule has 0 spiro atoms. The van der Waals surface area contributed by atoms with Gasteiger partial charge < -0.3 is 4.90 Å². The highest BCUT2D eigenvalue weighted by atomic mass is 15.1. The number of hydrogen-bond donors (Lipinski definition) is 0. The molecule has 0 aliphatic heterocycles. The van der Waals surface area contributed by atoms with Gasteiger partial charge in [-0.1, -0.05) is 467 Å². The lowest BCUT2D eigenvalue weighted by molar-refractivity contribution is 0.469.